The molecule has 0 radical (unpaired) electrons. The minimum Gasteiger partial charge on any atom is -0.397 e. The third-order valence-electron chi connectivity index (χ3n) is 2.85. The van der Waals surface area contributed by atoms with Crippen molar-refractivity contribution in [3.63, 3.8) is 0 Å². The molecule has 0 spiro atoms. The molecule has 0 aliphatic heterocycles. The van der Waals surface area contributed by atoms with Crippen molar-refractivity contribution in [2.75, 3.05) is 11.1 Å². The van der Waals surface area contributed by atoms with Gasteiger partial charge in [0, 0.05) is 8.96 Å². The van der Waals surface area contributed by atoms with Gasteiger partial charge in [0.1, 0.15) is 5.82 Å². The Bertz CT molecular complexity index is 753. The third-order valence-corrected chi connectivity index (χ3v) is 3.52. The van der Waals surface area contributed by atoms with Crippen LogP contribution < -0.4 is 11.1 Å². The maximum Gasteiger partial charge on any atom is 0.147 e. The first-order valence-electron chi connectivity index (χ1n) is 5.59. The van der Waals surface area contributed by atoms with E-state index in [0.29, 0.717) is 17.1 Å². The molecule has 0 atom stereocenters. The Morgan fingerprint density at radius 3 is 2.89 bits per heavy atom. The molecule has 4 nitrogen and oxygen atoms in total. The van der Waals surface area contributed by atoms with Crippen LogP contribution in [0.5, 0.6) is 0 Å². The number of anilines is 3. The Morgan fingerprint density at radius 1 is 1.26 bits per heavy atom. The molecule has 0 fully saturated rings. The molecule has 1 aromatic heterocycles. The number of aromatic amines is 1. The van der Waals surface area contributed by atoms with Gasteiger partial charge < -0.3 is 11.1 Å². The molecular weight excluding hydrogens is 358 g/mol. The molecule has 0 aliphatic rings. The molecule has 0 unspecified atom stereocenters. The maximum atomic E-state index is 13.9. The zero-order chi connectivity index (χ0) is 13.4. The van der Waals surface area contributed by atoms with Crippen LogP contribution >= 0.6 is 22.6 Å². The minimum atomic E-state index is -0.313. The van der Waals surface area contributed by atoms with E-state index >= 15 is 0 Å². The van der Waals surface area contributed by atoms with Gasteiger partial charge in [-0.3, -0.25) is 5.10 Å². The normalized spacial score (nSPS) is 10.8. The van der Waals surface area contributed by atoms with E-state index in [1.165, 1.54) is 6.07 Å². The summed E-state index contributed by atoms with van der Waals surface area (Å²) in [6, 6.07) is 8.59. The average molecular weight is 368 g/mol. The largest absolute Gasteiger partial charge is 0.397 e. The van der Waals surface area contributed by atoms with Gasteiger partial charge in [-0.25, -0.2) is 4.39 Å². The predicted molar refractivity (Wildman–Crippen MR) is 82.9 cm³/mol. The molecular formula is C13H10FIN4. The summed E-state index contributed by atoms with van der Waals surface area (Å²) in [5, 5.41) is 10.7. The first-order chi connectivity index (χ1) is 9.15. The molecule has 4 N–H and O–H groups in total. The van der Waals surface area contributed by atoms with Crippen molar-refractivity contribution in [1.29, 1.82) is 0 Å². The number of nitrogens with two attached hydrogens (primary N) is 1. The van der Waals surface area contributed by atoms with Crippen LogP contribution in [0.25, 0.3) is 10.9 Å². The molecule has 0 saturated heterocycles. The van der Waals surface area contributed by atoms with E-state index in [9.17, 15) is 4.39 Å². The Hall–Kier alpha value is -1.83. The van der Waals surface area contributed by atoms with E-state index in [1.54, 1.807) is 18.3 Å². The summed E-state index contributed by atoms with van der Waals surface area (Å²) >= 11 is 2.07. The van der Waals surface area contributed by atoms with Gasteiger partial charge in [0.2, 0.25) is 0 Å². The van der Waals surface area contributed by atoms with Crippen molar-refractivity contribution < 1.29 is 4.39 Å². The zero-order valence-corrected chi connectivity index (χ0v) is 11.9. The lowest BCUT2D eigenvalue weighted by molar-refractivity contribution is 0.631. The number of nitrogens with zero attached hydrogens (tertiary/aromatic N) is 1. The number of aromatic nitrogens is 2. The van der Waals surface area contributed by atoms with Crippen LogP contribution in [0.15, 0.2) is 36.5 Å². The number of H-pyrrole nitrogens is 1. The Kier molecular flexibility index (Phi) is 3.02. The lowest BCUT2D eigenvalue weighted by Gasteiger charge is -2.11. The van der Waals surface area contributed by atoms with Crippen molar-refractivity contribution in [3.8, 4) is 0 Å². The van der Waals surface area contributed by atoms with Gasteiger partial charge in [-0.1, -0.05) is 0 Å². The lowest BCUT2D eigenvalue weighted by Crippen LogP contribution is -1.99. The molecule has 2 aromatic carbocycles. The number of rotatable bonds is 2. The number of hydrogen-bond acceptors (Lipinski definition) is 3. The Labute approximate surface area is 122 Å². The summed E-state index contributed by atoms with van der Waals surface area (Å²) in [6.07, 6.45) is 1.67. The van der Waals surface area contributed by atoms with Crippen LogP contribution in [-0.4, -0.2) is 10.2 Å². The topological polar surface area (TPSA) is 66.7 Å². The van der Waals surface area contributed by atoms with Crippen molar-refractivity contribution in [2.45, 2.75) is 0 Å². The number of fused-ring (bicyclic) bond motifs is 1. The maximum absolute atomic E-state index is 13.9. The summed E-state index contributed by atoms with van der Waals surface area (Å²) in [6.45, 7) is 0. The number of hydrogen-bond donors (Lipinski definition) is 3. The molecule has 6 heteroatoms. The van der Waals surface area contributed by atoms with Crippen molar-refractivity contribution in [2.24, 2.45) is 0 Å². The van der Waals surface area contributed by atoms with E-state index in [-0.39, 0.29) is 5.82 Å². The fourth-order valence-electron chi connectivity index (χ4n) is 1.90. The van der Waals surface area contributed by atoms with E-state index in [4.69, 9.17) is 5.73 Å². The summed E-state index contributed by atoms with van der Waals surface area (Å²) in [5.41, 5.74) is 8.39. The third kappa shape index (κ3) is 2.23. The van der Waals surface area contributed by atoms with Crippen molar-refractivity contribution in [3.05, 3.63) is 45.9 Å². The number of halogens is 2. The van der Waals surface area contributed by atoms with Crippen molar-refractivity contribution in [1.82, 2.24) is 10.2 Å². The van der Waals surface area contributed by atoms with E-state index in [1.807, 2.05) is 12.1 Å². The summed E-state index contributed by atoms with van der Waals surface area (Å²) in [4.78, 5) is 0. The molecule has 3 rings (SSSR count). The molecule has 0 amide bonds. The van der Waals surface area contributed by atoms with Crippen LogP contribution in [0.2, 0.25) is 0 Å². The van der Waals surface area contributed by atoms with Gasteiger partial charge >= 0.3 is 0 Å². The van der Waals surface area contributed by atoms with Gasteiger partial charge in [0.25, 0.3) is 0 Å². The van der Waals surface area contributed by atoms with Crippen molar-refractivity contribution >= 4 is 50.6 Å². The van der Waals surface area contributed by atoms with Crippen LogP contribution in [0.4, 0.5) is 21.5 Å². The summed E-state index contributed by atoms with van der Waals surface area (Å²) < 4.78 is 14.7. The van der Waals surface area contributed by atoms with Gasteiger partial charge in [0.15, 0.2) is 0 Å². The highest BCUT2D eigenvalue weighted by Gasteiger charge is 2.10. The van der Waals surface area contributed by atoms with Crippen LogP contribution in [0.3, 0.4) is 0 Å². The first-order valence-corrected chi connectivity index (χ1v) is 6.66. The van der Waals surface area contributed by atoms with Gasteiger partial charge in [0.05, 0.1) is 28.8 Å². The van der Waals surface area contributed by atoms with Gasteiger partial charge in [-0.15, -0.1) is 0 Å². The number of nitrogen functional groups attached to an aromatic ring is 1. The highest BCUT2D eigenvalue weighted by atomic mass is 127. The zero-order valence-electron chi connectivity index (χ0n) is 9.74. The quantitative estimate of drug-likeness (QED) is 0.478. The summed E-state index contributed by atoms with van der Waals surface area (Å²) in [7, 11) is 0. The Balaban J connectivity index is 2.10. The van der Waals surface area contributed by atoms with Crippen LogP contribution in [-0.2, 0) is 0 Å². The molecule has 96 valence electrons. The second-order valence-electron chi connectivity index (χ2n) is 4.11. The minimum absolute atomic E-state index is 0.313. The monoisotopic (exact) mass is 368 g/mol. The Morgan fingerprint density at radius 2 is 2.11 bits per heavy atom. The van der Waals surface area contributed by atoms with E-state index in [0.717, 1.165) is 14.5 Å². The summed E-state index contributed by atoms with van der Waals surface area (Å²) in [5.74, 6) is -0.313. The molecule has 0 bridgehead atoms. The first kappa shape index (κ1) is 12.2. The van der Waals surface area contributed by atoms with Crippen LogP contribution in [0.1, 0.15) is 0 Å². The molecule has 0 aliphatic carbocycles. The predicted octanol–water partition coefficient (Wildman–Crippen LogP) is 3.63. The smallest absolute Gasteiger partial charge is 0.147 e. The standard InChI is InChI=1S/C13H10FIN4/c14-9-5-7(15)1-3-12(9)18-13-8-6-17-19-11(8)4-2-10(13)16/h1-6,18H,16H2,(H,17,19). The van der Waals surface area contributed by atoms with Crippen LogP contribution in [0, 0.1) is 9.39 Å². The fourth-order valence-corrected chi connectivity index (χ4v) is 2.35. The molecule has 19 heavy (non-hydrogen) atoms. The molecule has 0 saturated carbocycles. The van der Waals surface area contributed by atoms with E-state index < -0.39 is 0 Å². The molecule has 1 heterocycles. The lowest BCUT2D eigenvalue weighted by atomic mass is 10.2. The second-order valence-corrected chi connectivity index (χ2v) is 5.36. The van der Waals surface area contributed by atoms with Gasteiger partial charge in [-0.05, 0) is 52.9 Å². The molecule has 3 aromatic rings. The number of benzene rings is 2. The van der Waals surface area contributed by atoms with Gasteiger partial charge in [-0.2, -0.15) is 5.10 Å². The average Bonchev–Trinajstić information content (AvgIpc) is 2.84. The fraction of sp³-hybridized carbons (Fsp3) is 0. The second kappa shape index (κ2) is 4.69. The number of nitrogens with one attached hydrogen (secondary N) is 2. The SMILES string of the molecule is Nc1ccc2[nH]ncc2c1Nc1ccc(I)cc1F. The highest BCUT2D eigenvalue weighted by molar-refractivity contribution is 14.1. The van der Waals surface area contributed by atoms with E-state index in [2.05, 4.69) is 38.1 Å². The highest BCUT2D eigenvalue weighted by Crippen LogP contribution is 2.32.